The van der Waals surface area contributed by atoms with E-state index in [1.54, 1.807) is 11.3 Å². The maximum Gasteiger partial charge on any atom is 0.146 e. The molecular formula is C19H24N4S. The summed E-state index contributed by atoms with van der Waals surface area (Å²) in [7, 11) is 2.11. The molecule has 0 aliphatic heterocycles. The lowest BCUT2D eigenvalue weighted by Gasteiger charge is -2.16. The molecule has 0 saturated carbocycles. The van der Waals surface area contributed by atoms with Crippen molar-refractivity contribution in [1.29, 1.82) is 0 Å². The summed E-state index contributed by atoms with van der Waals surface area (Å²) < 4.78 is 0. The summed E-state index contributed by atoms with van der Waals surface area (Å²) in [5.41, 5.74) is 2.59. The second-order valence-corrected chi connectivity index (χ2v) is 7.34. The number of rotatable bonds is 6. The minimum atomic E-state index is 0.735. The number of nitrogens with zero attached hydrogens (tertiary/aromatic N) is 3. The molecule has 0 unspecified atom stereocenters. The minimum Gasteiger partial charge on any atom is -0.370 e. The van der Waals surface area contributed by atoms with E-state index in [0.717, 1.165) is 36.1 Å². The predicted octanol–water partition coefficient (Wildman–Crippen LogP) is 4.37. The van der Waals surface area contributed by atoms with Crippen LogP contribution in [0.4, 0.5) is 5.82 Å². The second-order valence-electron chi connectivity index (χ2n) is 6.14. The van der Waals surface area contributed by atoms with E-state index in [1.165, 1.54) is 21.4 Å². The van der Waals surface area contributed by atoms with Crippen molar-refractivity contribution in [3.8, 4) is 0 Å². The highest BCUT2D eigenvalue weighted by atomic mass is 32.1. The first-order valence-electron chi connectivity index (χ1n) is 8.31. The molecule has 0 amide bonds. The summed E-state index contributed by atoms with van der Waals surface area (Å²) in [6.07, 6.45) is 0. The molecule has 24 heavy (non-hydrogen) atoms. The van der Waals surface area contributed by atoms with Crippen LogP contribution in [0.5, 0.6) is 0 Å². The van der Waals surface area contributed by atoms with Crippen molar-refractivity contribution in [3.05, 3.63) is 52.2 Å². The third-order valence-corrected chi connectivity index (χ3v) is 5.23. The van der Waals surface area contributed by atoms with Gasteiger partial charge in [0.25, 0.3) is 0 Å². The summed E-state index contributed by atoms with van der Waals surface area (Å²) in [5, 5.41) is 4.58. The number of benzene rings is 1. The fourth-order valence-corrected chi connectivity index (χ4v) is 3.90. The van der Waals surface area contributed by atoms with Crippen molar-refractivity contribution in [2.45, 2.75) is 33.9 Å². The molecule has 5 heteroatoms. The Labute approximate surface area is 147 Å². The van der Waals surface area contributed by atoms with Crippen molar-refractivity contribution in [2.24, 2.45) is 0 Å². The van der Waals surface area contributed by atoms with E-state index in [-0.39, 0.29) is 0 Å². The molecule has 0 radical (unpaired) electrons. The second kappa shape index (κ2) is 7.28. The number of hydrogen-bond donors (Lipinski definition) is 1. The lowest BCUT2D eigenvalue weighted by molar-refractivity contribution is 0.311. The van der Waals surface area contributed by atoms with Gasteiger partial charge < -0.3 is 5.32 Å². The minimum absolute atomic E-state index is 0.735. The van der Waals surface area contributed by atoms with Gasteiger partial charge >= 0.3 is 0 Å². The molecule has 3 aromatic rings. The molecule has 2 heterocycles. The quantitative estimate of drug-likeness (QED) is 0.723. The largest absolute Gasteiger partial charge is 0.370 e. The summed E-state index contributed by atoms with van der Waals surface area (Å²) in [6.45, 7) is 8.89. The van der Waals surface area contributed by atoms with Gasteiger partial charge in [-0.15, -0.1) is 11.3 Å². The maximum atomic E-state index is 4.81. The van der Waals surface area contributed by atoms with E-state index < -0.39 is 0 Å². The van der Waals surface area contributed by atoms with Crippen LogP contribution in [0.15, 0.2) is 30.3 Å². The van der Waals surface area contributed by atoms with Crippen molar-refractivity contribution in [3.63, 3.8) is 0 Å². The average Bonchev–Trinajstić information content (AvgIpc) is 2.83. The number of hydrogen-bond acceptors (Lipinski definition) is 5. The topological polar surface area (TPSA) is 41.1 Å². The molecule has 126 valence electrons. The fourth-order valence-electron chi connectivity index (χ4n) is 2.85. The first-order chi connectivity index (χ1) is 11.6. The number of thiophene rings is 1. The van der Waals surface area contributed by atoms with E-state index in [4.69, 9.17) is 9.97 Å². The summed E-state index contributed by atoms with van der Waals surface area (Å²) in [6, 6.07) is 10.5. The van der Waals surface area contributed by atoms with Gasteiger partial charge in [-0.25, -0.2) is 9.97 Å². The first kappa shape index (κ1) is 16.9. The highest BCUT2D eigenvalue weighted by Gasteiger charge is 2.15. The van der Waals surface area contributed by atoms with Gasteiger partial charge in [-0.3, -0.25) is 4.90 Å². The molecule has 3 rings (SSSR count). The molecule has 0 saturated heterocycles. The summed E-state index contributed by atoms with van der Waals surface area (Å²) in [5.74, 6) is 1.84. The SMILES string of the molecule is CCNc1nc(CN(C)Cc2ccccc2)nc2sc(C)c(C)c12. The highest BCUT2D eigenvalue weighted by molar-refractivity contribution is 7.18. The van der Waals surface area contributed by atoms with Crippen LogP contribution in [-0.2, 0) is 13.1 Å². The van der Waals surface area contributed by atoms with E-state index in [0.29, 0.717) is 0 Å². The van der Waals surface area contributed by atoms with E-state index in [9.17, 15) is 0 Å². The zero-order valence-corrected chi connectivity index (χ0v) is 15.6. The molecule has 2 aromatic heterocycles. The van der Waals surface area contributed by atoms with Gasteiger partial charge in [-0.1, -0.05) is 30.3 Å². The van der Waals surface area contributed by atoms with Crippen LogP contribution >= 0.6 is 11.3 Å². The first-order valence-corrected chi connectivity index (χ1v) is 9.13. The smallest absolute Gasteiger partial charge is 0.146 e. The van der Waals surface area contributed by atoms with Crippen molar-refractivity contribution in [2.75, 3.05) is 18.9 Å². The van der Waals surface area contributed by atoms with E-state index >= 15 is 0 Å². The molecule has 0 aliphatic rings. The van der Waals surface area contributed by atoms with Crippen molar-refractivity contribution < 1.29 is 0 Å². The van der Waals surface area contributed by atoms with Crippen LogP contribution in [0.3, 0.4) is 0 Å². The molecule has 1 N–H and O–H groups in total. The van der Waals surface area contributed by atoms with Gasteiger partial charge in [-0.2, -0.15) is 0 Å². The zero-order valence-electron chi connectivity index (χ0n) is 14.8. The van der Waals surface area contributed by atoms with Gasteiger partial charge in [0.1, 0.15) is 16.5 Å². The normalized spacial score (nSPS) is 11.4. The zero-order chi connectivity index (χ0) is 17.1. The molecule has 0 aliphatic carbocycles. The predicted molar refractivity (Wildman–Crippen MR) is 103 cm³/mol. The van der Waals surface area contributed by atoms with Gasteiger partial charge in [-0.05, 0) is 38.9 Å². The lowest BCUT2D eigenvalue weighted by atomic mass is 10.2. The number of aryl methyl sites for hydroxylation is 2. The van der Waals surface area contributed by atoms with Gasteiger partial charge in [0.2, 0.25) is 0 Å². The third-order valence-electron chi connectivity index (χ3n) is 4.13. The van der Waals surface area contributed by atoms with Crippen LogP contribution in [-0.4, -0.2) is 28.5 Å². The third kappa shape index (κ3) is 3.57. The standard InChI is InChI=1S/C19H24N4S/c1-5-20-18-17-13(2)14(3)24-19(17)22-16(21-18)12-23(4)11-15-9-7-6-8-10-15/h6-10H,5,11-12H2,1-4H3,(H,20,21,22). The Bertz CT molecular complexity index is 826. The lowest BCUT2D eigenvalue weighted by Crippen LogP contribution is -2.19. The summed E-state index contributed by atoms with van der Waals surface area (Å²) in [4.78, 5) is 14.2. The van der Waals surface area contributed by atoms with E-state index in [2.05, 4.69) is 62.3 Å². The van der Waals surface area contributed by atoms with Gasteiger partial charge in [0, 0.05) is 18.0 Å². The Morgan fingerprint density at radius 2 is 1.83 bits per heavy atom. The molecule has 4 nitrogen and oxygen atoms in total. The van der Waals surface area contributed by atoms with Crippen LogP contribution in [0.2, 0.25) is 0 Å². The monoisotopic (exact) mass is 340 g/mol. The number of fused-ring (bicyclic) bond motifs is 1. The molecule has 0 bridgehead atoms. The van der Waals surface area contributed by atoms with Crippen molar-refractivity contribution in [1.82, 2.24) is 14.9 Å². The Morgan fingerprint density at radius 3 is 2.54 bits per heavy atom. The van der Waals surface area contributed by atoms with Crippen LogP contribution in [0, 0.1) is 13.8 Å². The number of nitrogens with one attached hydrogen (secondary N) is 1. The average molecular weight is 340 g/mol. The summed E-state index contributed by atoms with van der Waals surface area (Å²) >= 11 is 1.75. The van der Waals surface area contributed by atoms with Crippen LogP contribution in [0.25, 0.3) is 10.2 Å². The Morgan fingerprint density at radius 1 is 1.08 bits per heavy atom. The molecule has 0 fully saturated rings. The maximum absolute atomic E-state index is 4.81. The van der Waals surface area contributed by atoms with Crippen LogP contribution < -0.4 is 5.32 Å². The van der Waals surface area contributed by atoms with Gasteiger partial charge in [0.15, 0.2) is 0 Å². The molecule has 1 aromatic carbocycles. The van der Waals surface area contributed by atoms with Crippen molar-refractivity contribution >= 4 is 27.4 Å². The Hall–Kier alpha value is -1.98. The highest BCUT2D eigenvalue weighted by Crippen LogP contribution is 2.33. The Balaban J connectivity index is 1.86. The molecule has 0 spiro atoms. The van der Waals surface area contributed by atoms with Gasteiger partial charge in [0.05, 0.1) is 11.9 Å². The molecule has 0 atom stereocenters. The van der Waals surface area contributed by atoms with E-state index in [1.807, 2.05) is 6.07 Å². The fraction of sp³-hybridized carbons (Fsp3) is 0.368. The number of anilines is 1. The van der Waals surface area contributed by atoms with Crippen LogP contribution in [0.1, 0.15) is 28.8 Å². The number of aromatic nitrogens is 2. The molecular weight excluding hydrogens is 316 g/mol. The Kier molecular flexibility index (Phi) is 5.11.